The molecule has 0 atom stereocenters. The maximum atomic E-state index is 5.67. The first kappa shape index (κ1) is 11.7. The molecule has 1 aromatic carbocycles. The second kappa shape index (κ2) is 5.55. The smallest absolute Gasteiger partial charge is 0.117 e. The maximum Gasteiger partial charge on any atom is 0.117 e. The zero-order valence-electron chi connectivity index (χ0n) is 10.1. The highest BCUT2D eigenvalue weighted by Crippen LogP contribution is 2.11. The average molecular weight is 230 g/mol. The van der Waals surface area contributed by atoms with E-state index in [9.17, 15) is 0 Å². The van der Waals surface area contributed by atoms with Gasteiger partial charge in [0.25, 0.3) is 0 Å². The van der Waals surface area contributed by atoms with E-state index < -0.39 is 0 Å². The van der Waals surface area contributed by atoms with Crippen LogP contribution < -0.4 is 5.73 Å². The highest BCUT2D eigenvalue weighted by Gasteiger charge is 2.06. The third-order valence-electron chi connectivity index (χ3n) is 2.79. The fourth-order valence-electron chi connectivity index (χ4n) is 1.78. The summed E-state index contributed by atoms with van der Waals surface area (Å²) < 4.78 is 5.36. The van der Waals surface area contributed by atoms with Crippen LogP contribution in [0.2, 0.25) is 0 Å². The van der Waals surface area contributed by atoms with Crippen molar-refractivity contribution >= 4 is 5.69 Å². The van der Waals surface area contributed by atoms with Crippen molar-refractivity contribution in [3.8, 4) is 0 Å². The predicted octanol–water partition coefficient (Wildman–Crippen LogP) is 2.88. The molecular weight excluding hydrogens is 212 g/mol. The van der Waals surface area contributed by atoms with E-state index in [1.807, 2.05) is 24.3 Å². The Bertz CT molecular complexity index is 434. The van der Waals surface area contributed by atoms with Gasteiger partial charge in [-0.1, -0.05) is 19.1 Å². The van der Waals surface area contributed by atoms with Crippen LogP contribution in [-0.2, 0) is 13.1 Å². The van der Waals surface area contributed by atoms with E-state index in [1.54, 1.807) is 6.26 Å². The lowest BCUT2D eigenvalue weighted by Crippen LogP contribution is -2.21. The topological polar surface area (TPSA) is 42.4 Å². The first-order valence-electron chi connectivity index (χ1n) is 5.87. The van der Waals surface area contributed by atoms with E-state index >= 15 is 0 Å². The molecule has 90 valence electrons. The van der Waals surface area contributed by atoms with Gasteiger partial charge >= 0.3 is 0 Å². The molecule has 2 N–H and O–H groups in total. The molecule has 2 rings (SSSR count). The summed E-state index contributed by atoms with van der Waals surface area (Å²) in [6.45, 7) is 4.90. The van der Waals surface area contributed by atoms with Gasteiger partial charge < -0.3 is 10.2 Å². The normalized spacial score (nSPS) is 10.9. The second-order valence-corrected chi connectivity index (χ2v) is 4.12. The Morgan fingerprint density at radius 2 is 1.88 bits per heavy atom. The lowest BCUT2D eigenvalue weighted by Gasteiger charge is -2.19. The molecule has 0 bridgehead atoms. The number of anilines is 1. The Morgan fingerprint density at radius 1 is 1.12 bits per heavy atom. The summed E-state index contributed by atoms with van der Waals surface area (Å²) in [4.78, 5) is 2.32. The van der Waals surface area contributed by atoms with Crippen LogP contribution >= 0.6 is 0 Å². The number of nitrogens with zero attached hydrogens (tertiary/aromatic N) is 1. The lowest BCUT2D eigenvalue weighted by molar-refractivity contribution is 0.248. The van der Waals surface area contributed by atoms with Crippen molar-refractivity contribution in [1.82, 2.24) is 4.90 Å². The SMILES string of the molecule is CCN(Cc1ccc(N)cc1)Cc1ccco1. The monoisotopic (exact) mass is 230 g/mol. The highest BCUT2D eigenvalue weighted by molar-refractivity contribution is 5.39. The van der Waals surface area contributed by atoms with Gasteiger partial charge in [-0.2, -0.15) is 0 Å². The van der Waals surface area contributed by atoms with Crippen LogP contribution in [0.25, 0.3) is 0 Å². The number of rotatable bonds is 5. The molecule has 0 spiro atoms. The molecule has 1 aromatic heterocycles. The molecule has 1 heterocycles. The molecule has 0 saturated carbocycles. The van der Waals surface area contributed by atoms with Gasteiger partial charge in [-0.3, -0.25) is 4.90 Å². The molecule has 0 saturated heterocycles. The molecule has 0 radical (unpaired) electrons. The highest BCUT2D eigenvalue weighted by atomic mass is 16.3. The summed E-state index contributed by atoms with van der Waals surface area (Å²) in [7, 11) is 0. The van der Waals surface area contributed by atoms with E-state index in [1.165, 1.54) is 5.56 Å². The van der Waals surface area contributed by atoms with Crippen LogP contribution in [0.4, 0.5) is 5.69 Å². The summed E-state index contributed by atoms with van der Waals surface area (Å²) in [6, 6.07) is 11.9. The molecule has 3 heteroatoms. The quantitative estimate of drug-likeness (QED) is 0.803. The van der Waals surface area contributed by atoms with E-state index in [0.29, 0.717) is 0 Å². The maximum absolute atomic E-state index is 5.67. The fourth-order valence-corrected chi connectivity index (χ4v) is 1.78. The summed E-state index contributed by atoms with van der Waals surface area (Å²) in [5.41, 5.74) is 7.75. The third kappa shape index (κ3) is 3.36. The molecule has 0 aliphatic carbocycles. The van der Waals surface area contributed by atoms with Crippen LogP contribution in [0.3, 0.4) is 0 Å². The summed E-state index contributed by atoms with van der Waals surface area (Å²) >= 11 is 0. The molecule has 0 amide bonds. The zero-order valence-corrected chi connectivity index (χ0v) is 10.1. The molecule has 0 unspecified atom stereocenters. The number of hydrogen-bond acceptors (Lipinski definition) is 3. The Morgan fingerprint density at radius 3 is 2.47 bits per heavy atom. The third-order valence-corrected chi connectivity index (χ3v) is 2.79. The molecule has 17 heavy (non-hydrogen) atoms. The van der Waals surface area contributed by atoms with Crippen molar-refractivity contribution in [3.63, 3.8) is 0 Å². The minimum atomic E-state index is 0.808. The van der Waals surface area contributed by atoms with Crippen molar-refractivity contribution in [2.24, 2.45) is 0 Å². The van der Waals surface area contributed by atoms with Crippen molar-refractivity contribution in [1.29, 1.82) is 0 Å². The lowest BCUT2D eigenvalue weighted by atomic mass is 10.2. The fraction of sp³-hybridized carbons (Fsp3) is 0.286. The minimum Gasteiger partial charge on any atom is -0.468 e. The van der Waals surface area contributed by atoms with Gasteiger partial charge in [-0.25, -0.2) is 0 Å². The van der Waals surface area contributed by atoms with Crippen LogP contribution in [-0.4, -0.2) is 11.4 Å². The Balaban J connectivity index is 1.97. The van der Waals surface area contributed by atoms with Crippen molar-refractivity contribution < 1.29 is 4.42 Å². The summed E-state index contributed by atoms with van der Waals surface area (Å²) in [5, 5.41) is 0. The number of hydrogen-bond donors (Lipinski definition) is 1. The number of benzene rings is 1. The van der Waals surface area contributed by atoms with Gasteiger partial charge in [0.1, 0.15) is 5.76 Å². The van der Waals surface area contributed by atoms with Crippen LogP contribution in [0, 0.1) is 0 Å². The van der Waals surface area contributed by atoms with E-state index in [-0.39, 0.29) is 0 Å². The van der Waals surface area contributed by atoms with E-state index in [2.05, 4.69) is 24.0 Å². The van der Waals surface area contributed by atoms with Gasteiger partial charge in [0.2, 0.25) is 0 Å². The van der Waals surface area contributed by atoms with Gasteiger partial charge in [0, 0.05) is 12.2 Å². The van der Waals surface area contributed by atoms with Gasteiger partial charge in [0.05, 0.1) is 12.8 Å². The van der Waals surface area contributed by atoms with E-state index in [4.69, 9.17) is 10.2 Å². The molecule has 0 fully saturated rings. The first-order valence-corrected chi connectivity index (χ1v) is 5.87. The summed E-state index contributed by atoms with van der Waals surface area (Å²) in [5.74, 6) is 1.00. The number of nitrogen functional groups attached to an aromatic ring is 1. The largest absolute Gasteiger partial charge is 0.468 e. The molecule has 3 nitrogen and oxygen atoms in total. The van der Waals surface area contributed by atoms with Crippen molar-refractivity contribution in [2.45, 2.75) is 20.0 Å². The standard InChI is InChI=1S/C14H18N2O/c1-2-16(11-14-4-3-9-17-14)10-12-5-7-13(15)8-6-12/h3-9H,2,10-11,15H2,1H3. The van der Waals surface area contributed by atoms with Gasteiger partial charge in [0.15, 0.2) is 0 Å². The van der Waals surface area contributed by atoms with Crippen molar-refractivity contribution in [3.05, 3.63) is 54.0 Å². The van der Waals surface area contributed by atoms with Crippen LogP contribution in [0.15, 0.2) is 47.1 Å². The Kier molecular flexibility index (Phi) is 3.83. The Labute approximate surface area is 102 Å². The minimum absolute atomic E-state index is 0.808. The van der Waals surface area contributed by atoms with Crippen molar-refractivity contribution in [2.75, 3.05) is 12.3 Å². The Hall–Kier alpha value is -1.74. The molecule has 0 aliphatic rings. The van der Waals surface area contributed by atoms with Gasteiger partial charge in [-0.15, -0.1) is 0 Å². The summed E-state index contributed by atoms with van der Waals surface area (Å²) in [6.07, 6.45) is 1.71. The zero-order chi connectivity index (χ0) is 12.1. The molecule has 0 aliphatic heterocycles. The number of nitrogens with two attached hydrogens (primary N) is 1. The van der Waals surface area contributed by atoms with E-state index in [0.717, 1.165) is 31.1 Å². The number of furan rings is 1. The first-order chi connectivity index (χ1) is 8.28. The van der Waals surface area contributed by atoms with Crippen LogP contribution in [0.5, 0.6) is 0 Å². The average Bonchev–Trinajstić information content (AvgIpc) is 2.84. The molecular formula is C14H18N2O. The van der Waals surface area contributed by atoms with Gasteiger partial charge in [-0.05, 0) is 36.4 Å². The molecule has 2 aromatic rings. The van der Waals surface area contributed by atoms with Crippen LogP contribution in [0.1, 0.15) is 18.2 Å². The second-order valence-electron chi connectivity index (χ2n) is 4.12. The predicted molar refractivity (Wildman–Crippen MR) is 69.4 cm³/mol.